The summed E-state index contributed by atoms with van der Waals surface area (Å²) in [6.07, 6.45) is 3.73. The summed E-state index contributed by atoms with van der Waals surface area (Å²) in [7, 11) is 0. The van der Waals surface area contributed by atoms with Crippen molar-refractivity contribution in [1.29, 1.82) is 0 Å². The third-order valence-electron chi connectivity index (χ3n) is 6.21. The highest BCUT2D eigenvalue weighted by molar-refractivity contribution is 6.04. The molecule has 146 valence electrons. The minimum absolute atomic E-state index is 0.0318. The minimum Gasteiger partial charge on any atom is -0.369 e. The second-order valence-corrected chi connectivity index (χ2v) is 7.95. The molecule has 3 heterocycles. The predicted molar refractivity (Wildman–Crippen MR) is 106 cm³/mol. The first kappa shape index (κ1) is 18.3. The number of amides is 3. The molecule has 4 rings (SSSR count). The van der Waals surface area contributed by atoms with Gasteiger partial charge in [-0.05, 0) is 50.8 Å². The molecule has 6 heteroatoms. The van der Waals surface area contributed by atoms with E-state index in [2.05, 4.69) is 41.0 Å². The van der Waals surface area contributed by atoms with Crippen molar-refractivity contribution < 1.29 is 9.59 Å². The number of aryl methyl sites for hydroxylation is 1. The molecule has 3 amide bonds. The van der Waals surface area contributed by atoms with Crippen molar-refractivity contribution in [2.24, 2.45) is 0 Å². The number of nitrogens with zero attached hydrogens (tertiary/aromatic N) is 4. The molecule has 0 unspecified atom stereocenters. The highest BCUT2D eigenvalue weighted by Crippen LogP contribution is 2.27. The molecular formula is C21H30N4O2. The minimum atomic E-state index is -0.160. The molecule has 27 heavy (non-hydrogen) atoms. The second-order valence-electron chi connectivity index (χ2n) is 7.95. The summed E-state index contributed by atoms with van der Waals surface area (Å²) in [5.74, 6) is 0.0318. The van der Waals surface area contributed by atoms with Crippen LogP contribution in [0.1, 0.15) is 31.2 Å². The number of anilines is 1. The molecule has 1 atom stereocenters. The monoisotopic (exact) mass is 370 g/mol. The lowest BCUT2D eigenvalue weighted by atomic mass is 10.1. The number of para-hydroxylation sites is 1. The van der Waals surface area contributed by atoms with Crippen molar-refractivity contribution in [2.45, 2.75) is 38.6 Å². The molecule has 1 aromatic carbocycles. The molecule has 0 spiro atoms. The maximum absolute atomic E-state index is 12.3. The van der Waals surface area contributed by atoms with E-state index in [0.717, 1.165) is 65.0 Å². The molecule has 0 aliphatic carbocycles. The third kappa shape index (κ3) is 3.68. The van der Waals surface area contributed by atoms with Crippen LogP contribution in [0.3, 0.4) is 0 Å². The number of piperazine rings is 1. The van der Waals surface area contributed by atoms with Gasteiger partial charge in [-0.2, -0.15) is 0 Å². The first-order chi connectivity index (χ1) is 13.1. The smallest absolute Gasteiger partial charge is 0.327 e. The quantitative estimate of drug-likeness (QED) is 0.570. The maximum Gasteiger partial charge on any atom is 0.327 e. The lowest BCUT2D eigenvalue weighted by Crippen LogP contribution is -2.47. The molecule has 0 saturated carbocycles. The summed E-state index contributed by atoms with van der Waals surface area (Å²) in [6, 6.07) is 8.37. The lowest BCUT2D eigenvalue weighted by Gasteiger charge is -2.36. The van der Waals surface area contributed by atoms with Crippen molar-refractivity contribution in [2.75, 3.05) is 50.7 Å². The van der Waals surface area contributed by atoms with Crippen LogP contribution in [-0.4, -0.2) is 78.5 Å². The van der Waals surface area contributed by atoms with E-state index in [0.29, 0.717) is 6.54 Å². The Labute approximate surface area is 161 Å². The van der Waals surface area contributed by atoms with Gasteiger partial charge in [0.25, 0.3) is 5.91 Å². The Morgan fingerprint density at radius 1 is 0.963 bits per heavy atom. The number of benzene rings is 1. The summed E-state index contributed by atoms with van der Waals surface area (Å²) < 4.78 is 0. The Morgan fingerprint density at radius 3 is 2.44 bits per heavy atom. The van der Waals surface area contributed by atoms with Crippen LogP contribution in [0.4, 0.5) is 10.5 Å². The molecule has 3 fully saturated rings. The zero-order valence-electron chi connectivity index (χ0n) is 16.3. The Kier molecular flexibility index (Phi) is 5.34. The van der Waals surface area contributed by atoms with E-state index in [-0.39, 0.29) is 18.0 Å². The van der Waals surface area contributed by atoms with E-state index in [1.54, 1.807) is 4.90 Å². The second kappa shape index (κ2) is 7.89. The number of hydrogen-bond acceptors (Lipinski definition) is 4. The van der Waals surface area contributed by atoms with Crippen LogP contribution < -0.4 is 4.90 Å². The van der Waals surface area contributed by atoms with Gasteiger partial charge in [-0.15, -0.1) is 0 Å². The lowest BCUT2D eigenvalue weighted by molar-refractivity contribution is -0.128. The largest absolute Gasteiger partial charge is 0.369 e. The van der Waals surface area contributed by atoms with Crippen LogP contribution >= 0.6 is 0 Å². The fraction of sp³-hybridized carbons (Fsp3) is 0.619. The van der Waals surface area contributed by atoms with Gasteiger partial charge in [-0.3, -0.25) is 14.6 Å². The van der Waals surface area contributed by atoms with Gasteiger partial charge in [0.05, 0.1) is 0 Å². The number of fused-ring (bicyclic) bond motifs is 1. The summed E-state index contributed by atoms with van der Waals surface area (Å²) in [5, 5.41) is 0. The molecule has 1 aromatic rings. The third-order valence-corrected chi connectivity index (χ3v) is 6.21. The molecule has 0 aromatic heterocycles. The van der Waals surface area contributed by atoms with E-state index in [9.17, 15) is 9.59 Å². The molecule has 3 saturated heterocycles. The Morgan fingerprint density at radius 2 is 1.70 bits per heavy atom. The number of urea groups is 1. The number of hydrogen-bond donors (Lipinski definition) is 0. The van der Waals surface area contributed by atoms with Crippen LogP contribution in [0.15, 0.2) is 24.3 Å². The topological polar surface area (TPSA) is 47.1 Å². The summed E-state index contributed by atoms with van der Waals surface area (Å²) >= 11 is 0. The highest BCUT2D eigenvalue weighted by atomic mass is 16.2. The maximum atomic E-state index is 12.3. The predicted octanol–water partition coefficient (Wildman–Crippen LogP) is 2.32. The van der Waals surface area contributed by atoms with Crippen LogP contribution in [0, 0.1) is 6.92 Å². The van der Waals surface area contributed by atoms with E-state index < -0.39 is 0 Å². The van der Waals surface area contributed by atoms with E-state index in [1.165, 1.54) is 16.2 Å². The molecule has 0 radical (unpaired) electrons. The first-order valence-corrected chi connectivity index (χ1v) is 10.3. The van der Waals surface area contributed by atoms with Crippen LogP contribution in [0.2, 0.25) is 0 Å². The van der Waals surface area contributed by atoms with E-state index >= 15 is 0 Å². The van der Waals surface area contributed by atoms with Crippen LogP contribution in [0.25, 0.3) is 0 Å². The average molecular weight is 370 g/mol. The zero-order valence-corrected chi connectivity index (χ0v) is 16.3. The van der Waals surface area contributed by atoms with Gasteiger partial charge in [0, 0.05) is 45.0 Å². The van der Waals surface area contributed by atoms with Crippen molar-refractivity contribution in [3.8, 4) is 0 Å². The number of imide groups is 1. The highest BCUT2D eigenvalue weighted by Gasteiger charge is 2.46. The van der Waals surface area contributed by atoms with Crippen molar-refractivity contribution in [3.05, 3.63) is 29.8 Å². The molecule has 3 aliphatic rings. The normalized spacial score (nSPS) is 23.4. The summed E-state index contributed by atoms with van der Waals surface area (Å²) in [4.78, 5) is 32.9. The summed E-state index contributed by atoms with van der Waals surface area (Å²) in [5.41, 5.74) is 2.69. The van der Waals surface area contributed by atoms with Gasteiger partial charge in [-0.25, -0.2) is 4.79 Å². The van der Waals surface area contributed by atoms with Crippen LogP contribution in [-0.2, 0) is 4.79 Å². The Hall–Kier alpha value is -2.08. The standard InChI is InChI=1S/C21H30N4O2/c1-17-7-2-3-8-18(17)23-15-13-22(14-16-23)10-4-5-11-25-20(26)19-9-6-12-24(19)21(25)27/h2-3,7-8,19H,4-6,9-16H2,1H3/t19-/m1/s1. The van der Waals surface area contributed by atoms with Gasteiger partial charge >= 0.3 is 6.03 Å². The number of carbonyl (C=O) groups is 2. The Bertz CT molecular complexity index is 677. The van der Waals surface area contributed by atoms with Gasteiger partial charge < -0.3 is 9.80 Å². The first-order valence-electron chi connectivity index (χ1n) is 10.3. The van der Waals surface area contributed by atoms with Crippen molar-refractivity contribution in [3.63, 3.8) is 0 Å². The fourth-order valence-corrected chi connectivity index (χ4v) is 4.62. The van der Waals surface area contributed by atoms with E-state index in [4.69, 9.17) is 0 Å². The zero-order chi connectivity index (χ0) is 18.8. The van der Waals surface area contributed by atoms with Crippen LogP contribution in [0.5, 0.6) is 0 Å². The number of rotatable bonds is 6. The molecule has 3 aliphatic heterocycles. The van der Waals surface area contributed by atoms with Gasteiger partial charge in [0.2, 0.25) is 0 Å². The van der Waals surface area contributed by atoms with Gasteiger partial charge in [0.15, 0.2) is 0 Å². The van der Waals surface area contributed by atoms with E-state index in [1.807, 2.05) is 0 Å². The van der Waals surface area contributed by atoms with Gasteiger partial charge in [0.1, 0.15) is 6.04 Å². The van der Waals surface area contributed by atoms with Gasteiger partial charge in [-0.1, -0.05) is 18.2 Å². The number of carbonyl (C=O) groups excluding carboxylic acids is 2. The molecular weight excluding hydrogens is 340 g/mol. The number of unbranched alkanes of at least 4 members (excludes halogenated alkanes) is 1. The molecule has 6 nitrogen and oxygen atoms in total. The SMILES string of the molecule is Cc1ccccc1N1CCN(CCCCN2C(=O)[C@H]3CCCN3C2=O)CC1. The fourth-order valence-electron chi connectivity index (χ4n) is 4.62. The molecule has 0 bridgehead atoms. The van der Waals surface area contributed by atoms with Crippen molar-refractivity contribution >= 4 is 17.6 Å². The summed E-state index contributed by atoms with van der Waals surface area (Å²) in [6.45, 7) is 8.82. The average Bonchev–Trinajstić information content (AvgIpc) is 3.25. The van der Waals surface area contributed by atoms with Crippen molar-refractivity contribution in [1.82, 2.24) is 14.7 Å². The molecule has 0 N–H and O–H groups in total. The Balaban J connectivity index is 1.18.